The molecule has 4 rings (SSSR count). The minimum atomic E-state index is -0.397. The quantitative estimate of drug-likeness (QED) is 0.180. The third-order valence-electron chi connectivity index (χ3n) is 9.37. The van der Waals surface area contributed by atoms with E-state index in [1.165, 1.54) is 0 Å². The highest BCUT2D eigenvalue weighted by molar-refractivity contribution is 5.78. The first-order valence-electron chi connectivity index (χ1n) is 18.6. The first-order valence-corrected chi connectivity index (χ1v) is 18.6. The molecule has 9 heteroatoms. The summed E-state index contributed by atoms with van der Waals surface area (Å²) in [6, 6.07) is 16.5. The van der Waals surface area contributed by atoms with Crippen molar-refractivity contribution in [3.8, 4) is 5.75 Å². The van der Waals surface area contributed by atoms with Crippen LogP contribution >= 0.6 is 0 Å². The first kappa shape index (κ1) is 38.8. The topological polar surface area (TPSA) is 80.8 Å². The van der Waals surface area contributed by atoms with Gasteiger partial charge in [-0.3, -0.25) is 14.5 Å². The van der Waals surface area contributed by atoms with Crippen LogP contribution in [0.3, 0.4) is 0 Å². The molecule has 2 aromatic carbocycles. The highest BCUT2D eigenvalue weighted by Gasteiger charge is 2.40. The molecule has 2 amide bonds. The predicted molar refractivity (Wildman–Crippen MR) is 194 cm³/mol. The van der Waals surface area contributed by atoms with Gasteiger partial charge in [0.25, 0.3) is 0 Å². The lowest BCUT2D eigenvalue weighted by Crippen LogP contribution is -2.44. The number of carbonyl (C=O) groups excluding carboxylic acids is 2. The van der Waals surface area contributed by atoms with Gasteiger partial charge in [0.05, 0.1) is 12.2 Å². The molecule has 1 aliphatic heterocycles. The average Bonchev–Trinajstić information content (AvgIpc) is 3.54. The molecule has 0 spiro atoms. The smallest absolute Gasteiger partial charge is 0.248 e. The maximum absolute atomic E-state index is 13.2. The Balaban J connectivity index is 1.49. The van der Waals surface area contributed by atoms with E-state index in [0.29, 0.717) is 45.6 Å². The molecule has 1 heterocycles. The molecule has 1 saturated heterocycles. The number of fused-ring (bicyclic) bond motifs is 1. The zero-order valence-corrected chi connectivity index (χ0v) is 31.1. The molecule has 1 fully saturated rings. The second kappa shape index (κ2) is 18.9. The Morgan fingerprint density at radius 3 is 1.86 bits per heavy atom. The number of benzene rings is 2. The van der Waals surface area contributed by atoms with Gasteiger partial charge in [-0.1, -0.05) is 70.2 Å². The van der Waals surface area contributed by atoms with Crippen molar-refractivity contribution in [2.24, 2.45) is 0 Å². The molecule has 0 N–H and O–H groups in total. The number of amides is 2. The highest BCUT2D eigenvalue weighted by atomic mass is 16.6. The molecule has 0 radical (unpaired) electrons. The van der Waals surface area contributed by atoms with E-state index in [2.05, 4.69) is 83.7 Å². The van der Waals surface area contributed by atoms with Gasteiger partial charge in [0.1, 0.15) is 37.9 Å². The summed E-state index contributed by atoms with van der Waals surface area (Å²) in [7, 11) is 0. The van der Waals surface area contributed by atoms with Crippen molar-refractivity contribution in [2.75, 3.05) is 52.5 Å². The van der Waals surface area contributed by atoms with Gasteiger partial charge in [0.15, 0.2) is 0 Å². The monoisotopic (exact) mass is 679 g/mol. The van der Waals surface area contributed by atoms with Crippen molar-refractivity contribution >= 4 is 11.8 Å². The fraction of sp³-hybridized carbons (Fsp3) is 0.650. The number of rotatable bonds is 18. The van der Waals surface area contributed by atoms with Crippen LogP contribution in [0.1, 0.15) is 97.1 Å². The van der Waals surface area contributed by atoms with Crippen LogP contribution in [0.5, 0.6) is 5.75 Å². The van der Waals surface area contributed by atoms with E-state index >= 15 is 0 Å². The molecule has 2 aliphatic rings. The SMILES string of the molecule is CCCN(CCC)C(=O)COC1Cc2cccc(OCC3CN(C(C)(C)C)C(c4ccccc4)O3)c2CC1OCC(=O)N(CCC)CCC. The molecule has 9 nitrogen and oxygen atoms in total. The fourth-order valence-electron chi connectivity index (χ4n) is 6.91. The van der Waals surface area contributed by atoms with Crippen LogP contribution < -0.4 is 4.74 Å². The lowest BCUT2D eigenvalue weighted by atomic mass is 9.87. The largest absolute Gasteiger partial charge is 0.491 e. The normalized spacial score (nSPS) is 21.0. The van der Waals surface area contributed by atoms with E-state index in [1.54, 1.807) is 0 Å². The maximum Gasteiger partial charge on any atom is 0.248 e. The fourth-order valence-corrected chi connectivity index (χ4v) is 6.91. The third-order valence-corrected chi connectivity index (χ3v) is 9.37. The van der Waals surface area contributed by atoms with Crippen molar-refractivity contribution in [3.63, 3.8) is 0 Å². The number of hydrogen-bond acceptors (Lipinski definition) is 7. The zero-order chi connectivity index (χ0) is 35.4. The second-order valence-electron chi connectivity index (χ2n) is 14.4. The molecule has 4 atom stereocenters. The summed E-state index contributed by atoms with van der Waals surface area (Å²) in [6.45, 7) is 19.0. The Morgan fingerprint density at radius 1 is 0.776 bits per heavy atom. The maximum atomic E-state index is 13.2. The van der Waals surface area contributed by atoms with Gasteiger partial charge in [-0.25, -0.2) is 0 Å². The molecule has 2 aromatic rings. The molecule has 49 heavy (non-hydrogen) atoms. The Labute approximate surface area is 295 Å². The minimum Gasteiger partial charge on any atom is -0.491 e. The van der Waals surface area contributed by atoms with Gasteiger partial charge >= 0.3 is 0 Å². The van der Waals surface area contributed by atoms with Crippen molar-refractivity contribution in [3.05, 3.63) is 65.2 Å². The number of hydrogen-bond donors (Lipinski definition) is 0. The van der Waals surface area contributed by atoms with Crippen molar-refractivity contribution in [2.45, 2.75) is 117 Å². The van der Waals surface area contributed by atoms with E-state index in [4.69, 9.17) is 18.9 Å². The average molecular weight is 680 g/mol. The van der Waals surface area contributed by atoms with Gasteiger partial charge in [-0.15, -0.1) is 0 Å². The standard InChI is InChI=1S/C40H61N3O6/c1-8-20-41(21-9-2)37(44)28-47-35-24-31-18-15-19-34(33(31)25-36(35)48-29-38(45)42(22-10-3)23-11-4)46-27-32-26-43(40(5,6)7)39(49-32)30-16-13-12-14-17-30/h12-19,32,35-36,39H,8-11,20-29H2,1-7H3. The molecule has 1 aliphatic carbocycles. The predicted octanol–water partition coefficient (Wildman–Crippen LogP) is 6.43. The van der Waals surface area contributed by atoms with Crippen LogP contribution in [0.2, 0.25) is 0 Å². The molecule has 272 valence electrons. The molecule has 0 saturated carbocycles. The molecular formula is C40H61N3O6. The number of carbonyl (C=O) groups is 2. The van der Waals surface area contributed by atoms with E-state index in [1.807, 2.05) is 28.0 Å². The Bertz CT molecular complexity index is 1300. The van der Waals surface area contributed by atoms with Crippen LogP contribution in [0.25, 0.3) is 0 Å². The van der Waals surface area contributed by atoms with Gasteiger partial charge < -0.3 is 28.7 Å². The Kier molecular flexibility index (Phi) is 14.9. The molecular weight excluding hydrogens is 618 g/mol. The number of ether oxygens (including phenoxy) is 4. The lowest BCUT2D eigenvalue weighted by Gasteiger charge is -2.35. The van der Waals surface area contributed by atoms with Crippen LogP contribution in [0, 0.1) is 0 Å². The van der Waals surface area contributed by atoms with Crippen LogP contribution in [0.15, 0.2) is 48.5 Å². The summed E-state index contributed by atoms with van der Waals surface area (Å²) < 4.78 is 25.9. The summed E-state index contributed by atoms with van der Waals surface area (Å²) in [6.07, 6.45) is 3.69. The summed E-state index contributed by atoms with van der Waals surface area (Å²) in [5.41, 5.74) is 3.24. The van der Waals surface area contributed by atoms with Crippen molar-refractivity contribution in [1.82, 2.24) is 14.7 Å². The summed E-state index contributed by atoms with van der Waals surface area (Å²) in [4.78, 5) is 32.5. The van der Waals surface area contributed by atoms with Crippen LogP contribution in [-0.4, -0.2) is 103 Å². The van der Waals surface area contributed by atoms with Gasteiger partial charge in [0, 0.05) is 56.7 Å². The van der Waals surface area contributed by atoms with Crippen molar-refractivity contribution < 1.29 is 28.5 Å². The Morgan fingerprint density at radius 2 is 1.33 bits per heavy atom. The number of nitrogens with zero attached hydrogens (tertiary/aromatic N) is 3. The summed E-state index contributed by atoms with van der Waals surface area (Å²) in [5, 5.41) is 0. The van der Waals surface area contributed by atoms with Crippen LogP contribution in [0.4, 0.5) is 0 Å². The lowest BCUT2D eigenvalue weighted by molar-refractivity contribution is -0.149. The first-order chi connectivity index (χ1) is 23.6. The van der Waals surface area contributed by atoms with Crippen molar-refractivity contribution in [1.29, 1.82) is 0 Å². The Hall–Kier alpha value is -2.98. The van der Waals surface area contributed by atoms with Gasteiger partial charge in [0.2, 0.25) is 11.8 Å². The van der Waals surface area contributed by atoms with Crippen LogP contribution in [-0.2, 0) is 36.6 Å². The van der Waals surface area contributed by atoms with E-state index in [-0.39, 0.29) is 49.0 Å². The highest BCUT2D eigenvalue weighted by Crippen LogP contribution is 2.37. The summed E-state index contributed by atoms with van der Waals surface area (Å²) >= 11 is 0. The summed E-state index contributed by atoms with van der Waals surface area (Å²) in [5.74, 6) is 0.783. The molecule has 0 aromatic heterocycles. The van der Waals surface area contributed by atoms with E-state index < -0.39 is 6.10 Å². The molecule has 0 bridgehead atoms. The van der Waals surface area contributed by atoms with Gasteiger partial charge in [-0.05, 0) is 63.6 Å². The zero-order valence-electron chi connectivity index (χ0n) is 31.1. The molecule has 4 unspecified atom stereocenters. The minimum absolute atomic E-state index is 0.00628. The van der Waals surface area contributed by atoms with E-state index in [9.17, 15) is 9.59 Å². The van der Waals surface area contributed by atoms with E-state index in [0.717, 1.165) is 54.7 Å². The third kappa shape index (κ3) is 10.8. The van der Waals surface area contributed by atoms with Gasteiger partial charge in [-0.2, -0.15) is 0 Å². The second-order valence-corrected chi connectivity index (χ2v) is 14.4.